The molecule has 62 heavy (non-hydrogen) atoms. The van der Waals surface area contributed by atoms with Gasteiger partial charge in [-0.05, 0) is 152 Å². The highest BCUT2D eigenvalue weighted by atomic mass is 127. The number of fused-ring (bicyclic) bond motifs is 10. The molecule has 5 atom stereocenters. The molecule has 21 heteroatoms. The smallest absolute Gasteiger partial charge is 0.408 e. The van der Waals surface area contributed by atoms with Crippen molar-refractivity contribution in [2.24, 2.45) is 5.11 Å². The zero-order chi connectivity index (χ0) is 47.3. The summed E-state index contributed by atoms with van der Waals surface area (Å²) in [4.78, 5) is 60.2. The van der Waals surface area contributed by atoms with Crippen molar-refractivity contribution in [3.05, 3.63) is 58.4 Å². The summed E-state index contributed by atoms with van der Waals surface area (Å²) in [6.07, 6.45) is -3.55. The van der Waals surface area contributed by atoms with Gasteiger partial charge in [0.05, 0.1) is 38.4 Å². The van der Waals surface area contributed by atoms with Crippen molar-refractivity contribution >= 4 is 95.0 Å². The number of phenols is 1. The highest BCUT2D eigenvalue weighted by Crippen LogP contribution is 2.44. The fraction of sp³-hybridized carbons (Fsp3) is 0.610. The number of halogens is 3. The number of carbonyl (C=O) groups is 4. The Kier molecular flexibility index (Phi) is 18.0. The minimum Gasteiger partial charge on any atom is -0.504 e. The lowest BCUT2D eigenvalue weighted by Crippen LogP contribution is -2.66. The van der Waals surface area contributed by atoms with E-state index in [0.29, 0.717) is 29.4 Å². The molecule has 0 aromatic heterocycles. The largest absolute Gasteiger partial charge is 0.504 e. The minimum atomic E-state index is -2.91. The SMILES string of the molecule is COC(=O)[C@@H]1Cc2cc(Br)c(c(Br)c2)Oc2cc(cc(I)c2O)C[C@H](NC(=O)OC(C)(C)C)C(=O)N[C@@H]([C@H](O[Si](C)(C)C(C)(C)C)[C@@H](CN=[N+]=[N-])O[Si](C)(C)C(C)(C)C)C(=O)N1. The van der Waals surface area contributed by atoms with Crippen molar-refractivity contribution in [3.63, 3.8) is 0 Å². The number of nitrogens with one attached hydrogen (secondary N) is 3. The first kappa shape index (κ1) is 53.4. The molecular weight excluding hydrogens is 1080 g/mol. The Hall–Kier alpha value is -2.93. The molecule has 4 N–H and O–H groups in total. The average Bonchev–Trinajstić information content (AvgIpc) is 3.11. The summed E-state index contributed by atoms with van der Waals surface area (Å²) in [6.45, 7) is 24.9. The standard InChI is InChI=1S/C41H61Br2IN6O10Si2/c1-39(2,3)58-38(55)48-27-18-23-17-26(44)32(51)29(20-23)57-33-24(42)15-22(16-25(33)43)19-28(37(54)56-10)47-36(53)31(49-35(27)52)34(60-62(13,14)41(7,8)9)30(21-46-50-45)59-61(11,12)40(4,5)6/h15-17,20,27-28,30-31,34,51H,18-19,21H2,1-14H3,(H,47,53)(H,48,55)(H,49,52)/t27-,28-,30+,31-,34+/m0/s1. The third kappa shape index (κ3) is 14.3. The summed E-state index contributed by atoms with van der Waals surface area (Å²) in [5.41, 5.74) is 9.73. The zero-order valence-corrected chi connectivity index (χ0v) is 45.2. The van der Waals surface area contributed by atoms with Crippen LogP contribution in [0, 0.1) is 3.57 Å². The Morgan fingerprint density at radius 2 is 1.48 bits per heavy atom. The Balaban J connectivity index is 2.46. The van der Waals surface area contributed by atoms with E-state index in [1.54, 1.807) is 45.0 Å². The second-order valence-electron chi connectivity index (χ2n) is 19.3. The second-order valence-corrected chi connectivity index (χ2v) is 31.6. The molecule has 2 aromatic rings. The van der Waals surface area contributed by atoms with Crippen molar-refractivity contribution in [2.45, 2.75) is 147 Å². The number of hydrogen-bond acceptors (Lipinski definition) is 11. The third-order valence-electron chi connectivity index (χ3n) is 11.1. The van der Waals surface area contributed by atoms with Gasteiger partial charge in [-0.2, -0.15) is 0 Å². The molecule has 2 aliphatic rings. The van der Waals surface area contributed by atoms with E-state index in [1.165, 1.54) is 7.11 Å². The molecule has 344 valence electrons. The second kappa shape index (κ2) is 20.9. The fourth-order valence-electron chi connectivity index (χ4n) is 5.79. The van der Waals surface area contributed by atoms with Crippen LogP contribution in [0.1, 0.15) is 73.4 Å². The maximum atomic E-state index is 15.2. The number of benzene rings is 2. The number of methoxy groups -OCH3 is 1. The molecule has 0 saturated heterocycles. The number of esters is 1. The number of rotatable bonds is 10. The van der Waals surface area contributed by atoms with E-state index in [2.05, 4.69) is 57.8 Å². The minimum absolute atomic E-state index is 0.0513. The summed E-state index contributed by atoms with van der Waals surface area (Å²) in [6, 6.07) is 2.28. The number of azide groups is 1. The third-order valence-corrected chi connectivity index (χ3v) is 22.1. The van der Waals surface area contributed by atoms with Gasteiger partial charge in [0.1, 0.15) is 23.7 Å². The van der Waals surface area contributed by atoms with Gasteiger partial charge in [0, 0.05) is 17.8 Å². The van der Waals surface area contributed by atoms with Gasteiger partial charge in [-0.15, -0.1) is 0 Å². The van der Waals surface area contributed by atoms with Crippen molar-refractivity contribution < 1.29 is 47.3 Å². The van der Waals surface area contributed by atoms with Crippen molar-refractivity contribution in [2.75, 3.05) is 13.7 Å². The number of amides is 3. The van der Waals surface area contributed by atoms with Gasteiger partial charge >= 0.3 is 12.1 Å². The molecule has 0 aliphatic carbocycles. The Labute approximate surface area is 397 Å². The number of phenolic OH excluding ortho intramolecular Hbond substituents is 1. The van der Waals surface area contributed by atoms with Gasteiger partial charge in [-0.1, -0.05) is 46.7 Å². The van der Waals surface area contributed by atoms with E-state index < -0.39 is 81.5 Å². The molecule has 3 amide bonds. The summed E-state index contributed by atoms with van der Waals surface area (Å²) in [5.74, 6) is -2.26. The van der Waals surface area contributed by atoms with E-state index in [1.807, 2.05) is 90.3 Å². The van der Waals surface area contributed by atoms with Crippen molar-refractivity contribution in [3.8, 4) is 17.2 Å². The van der Waals surface area contributed by atoms with E-state index in [0.717, 1.165) is 0 Å². The maximum Gasteiger partial charge on any atom is 0.408 e. The molecular formula is C41H61Br2IN6O10Si2. The molecule has 0 radical (unpaired) electrons. The normalized spacial score (nSPS) is 19.1. The molecule has 16 nitrogen and oxygen atoms in total. The van der Waals surface area contributed by atoms with Crippen LogP contribution in [0.15, 0.2) is 38.3 Å². The molecule has 2 heterocycles. The molecule has 2 aromatic carbocycles. The van der Waals surface area contributed by atoms with Crippen LogP contribution in [0.3, 0.4) is 0 Å². The lowest BCUT2D eigenvalue weighted by Gasteiger charge is -2.46. The van der Waals surface area contributed by atoms with Gasteiger partial charge < -0.3 is 44.1 Å². The monoisotopic (exact) mass is 1140 g/mol. The number of nitrogens with zero attached hydrogens (tertiary/aromatic N) is 3. The van der Waals surface area contributed by atoms with Gasteiger partial charge in [-0.3, -0.25) is 9.59 Å². The van der Waals surface area contributed by atoms with Crippen LogP contribution in [-0.4, -0.2) is 95.2 Å². The lowest BCUT2D eigenvalue weighted by molar-refractivity contribution is -0.146. The van der Waals surface area contributed by atoms with Crippen molar-refractivity contribution in [1.82, 2.24) is 16.0 Å². The predicted octanol–water partition coefficient (Wildman–Crippen LogP) is 9.54. The quantitative estimate of drug-likeness (QED) is 0.0441. The highest BCUT2D eigenvalue weighted by Gasteiger charge is 2.49. The summed E-state index contributed by atoms with van der Waals surface area (Å²) in [5, 5.41) is 22.7. The molecule has 0 spiro atoms. The molecule has 0 unspecified atom stereocenters. The first-order valence-corrected chi connectivity index (χ1v) is 28.5. The number of aromatic hydroxyl groups is 1. The summed E-state index contributed by atoms with van der Waals surface area (Å²) < 4.78 is 32.4. The Morgan fingerprint density at radius 1 is 0.935 bits per heavy atom. The first-order valence-electron chi connectivity index (χ1n) is 20.0. The average molecular weight is 1140 g/mol. The topological polar surface area (TPSA) is 220 Å². The Morgan fingerprint density at radius 3 is 2.00 bits per heavy atom. The van der Waals surface area contributed by atoms with E-state index in [4.69, 9.17) is 23.1 Å². The Bertz CT molecular complexity index is 2030. The maximum absolute atomic E-state index is 15.2. The lowest BCUT2D eigenvalue weighted by atomic mass is 10.0. The van der Waals surface area contributed by atoms with Crippen LogP contribution in [0.25, 0.3) is 10.4 Å². The van der Waals surface area contributed by atoms with E-state index >= 15 is 4.79 Å². The van der Waals surface area contributed by atoms with Gasteiger partial charge in [0.2, 0.25) is 11.8 Å². The van der Waals surface area contributed by atoms with Gasteiger partial charge in [0.25, 0.3) is 0 Å². The van der Waals surface area contributed by atoms with Crippen LogP contribution >= 0.6 is 54.5 Å². The van der Waals surface area contributed by atoms with Crippen LogP contribution in [0.5, 0.6) is 17.2 Å². The molecule has 2 aliphatic heterocycles. The molecule has 0 fully saturated rings. The zero-order valence-electron chi connectivity index (χ0n) is 37.9. The number of alkyl carbamates (subject to hydrolysis) is 1. The van der Waals surface area contributed by atoms with Crippen molar-refractivity contribution in [1.29, 1.82) is 0 Å². The number of carbonyl (C=O) groups excluding carboxylic acids is 4. The van der Waals surface area contributed by atoms with E-state index in [-0.39, 0.29) is 35.9 Å². The highest BCUT2D eigenvalue weighted by molar-refractivity contribution is 14.1. The number of ether oxygens (including phenoxy) is 3. The number of hydrogen-bond donors (Lipinski definition) is 4. The summed E-state index contributed by atoms with van der Waals surface area (Å²) >= 11 is 9.08. The van der Waals surface area contributed by atoms with Crippen LogP contribution in [0.4, 0.5) is 4.79 Å². The molecule has 0 saturated carbocycles. The van der Waals surface area contributed by atoms with E-state index in [9.17, 15) is 25.0 Å². The first-order chi connectivity index (χ1) is 28.3. The molecule has 4 bridgehead atoms. The van der Waals surface area contributed by atoms with Crippen LogP contribution in [0.2, 0.25) is 36.3 Å². The fourth-order valence-corrected chi connectivity index (χ4v) is 10.5. The van der Waals surface area contributed by atoms with Gasteiger partial charge in [0.15, 0.2) is 33.9 Å². The van der Waals surface area contributed by atoms with Gasteiger partial charge in [-0.25, -0.2) is 9.59 Å². The molecule has 4 rings (SSSR count). The van der Waals surface area contributed by atoms with Crippen LogP contribution < -0.4 is 20.7 Å². The van der Waals surface area contributed by atoms with Crippen LogP contribution in [-0.2, 0) is 45.6 Å². The summed E-state index contributed by atoms with van der Waals surface area (Å²) in [7, 11) is -4.46. The predicted molar refractivity (Wildman–Crippen MR) is 257 cm³/mol.